The number of fused-ring (bicyclic) bond motifs is 3. The second-order valence-corrected chi connectivity index (χ2v) is 8.16. The van der Waals surface area contributed by atoms with E-state index in [0.717, 1.165) is 23.1 Å². The summed E-state index contributed by atoms with van der Waals surface area (Å²) in [6, 6.07) is 10.5. The molecule has 4 aromatic rings. The molecule has 0 aliphatic rings. The monoisotopic (exact) mass is 399 g/mol. The summed E-state index contributed by atoms with van der Waals surface area (Å²) in [4.78, 5) is 23.1. The molecule has 0 atom stereocenters. The molecule has 138 valence electrons. The van der Waals surface area contributed by atoms with Crippen molar-refractivity contribution in [3.8, 4) is 0 Å². The van der Waals surface area contributed by atoms with Gasteiger partial charge in [-0.05, 0) is 30.2 Å². The lowest BCUT2D eigenvalue weighted by Crippen LogP contribution is -2.22. The predicted octanol–water partition coefficient (Wildman–Crippen LogP) is 5.24. The predicted molar refractivity (Wildman–Crippen MR) is 110 cm³/mol. The van der Waals surface area contributed by atoms with Gasteiger partial charge in [-0.25, -0.2) is 14.4 Å². The van der Waals surface area contributed by atoms with Crippen molar-refractivity contribution in [1.29, 1.82) is 0 Å². The van der Waals surface area contributed by atoms with E-state index in [4.69, 9.17) is 4.98 Å². The summed E-state index contributed by atoms with van der Waals surface area (Å²) in [7, 11) is 0. The molecule has 7 heteroatoms. The SMILES string of the molecule is CCCCn1c(SCc2ccccc2F)nc2c(sc3ncccc32)c1=O. The molecule has 0 bridgehead atoms. The number of nitrogens with zero attached hydrogens (tertiary/aromatic N) is 3. The molecular weight excluding hydrogens is 381 g/mol. The van der Waals surface area contributed by atoms with E-state index in [1.807, 2.05) is 18.2 Å². The number of hydrogen-bond acceptors (Lipinski definition) is 5. The molecule has 0 saturated carbocycles. The Kier molecular flexibility index (Phi) is 5.22. The van der Waals surface area contributed by atoms with Crippen LogP contribution in [0.5, 0.6) is 0 Å². The first-order valence-corrected chi connectivity index (χ1v) is 10.6. The van der Waals surface area contributed by atoms with Crippen molar-refractivity contribution in [2.24, 2.45) is 0 Å². The van der Waals surface area contributed by atoms with E-state index in [1.54, 1.807) is 22.9 Å². The largest absolute Gasteiger partial charge is 0.286 e. The van der Waals surface area contributed by atoms with E-state index in [1.165, 1.54) is 29.2 Å². The van der Waals surface area contributed by atoms with E-state index in [-0.39, 0.29) is 11.4 Å². The summed E-state index contributed by atoms with van der Waals surface area (Å²) >= 11 is 2.79. The minimum absolute atomic E-state index is 0.0347. The molecule has 3 heterocycles. The molecule has 0 radical (unpaired) electrons. The second kappa shape index (κ2) is 7.78. The van der Waals surface area contributed by atoms with Crippen LogP contribution in [0.4, 0.5) is 4.39 Å². The molecule has 4 nitrogen and oxygen atoms in total. The van der Waals surface area contributed by atoms with Crippen molar-refractivity contribution in [3.05, 3.63) is 64.3 Å². The average molecular weight is 400 g/mol. The van der Waals surface area contributed by atoms with Gasteiger partial charge in [0, 0.05) is 23.9 Å². The van der Waals surface area contributed by atoms with Gasteiger partial charge in [0.05, 0.1) is 5.52 Å². The Bertz CT molecular complexity index is 1170. The summed E-state index contributed by atoms with van der Waals surface area (Å²) in [6.45, 7) is 2.70. The number of rotatable bonds is 6. The lowest BCUT2D eigenvalue weighted by Gasteiger charge is -2.12. The third-order valence-corrected chi connectivity index (χ3v) is 6.48. The van der Waals surface area contributed by atoms with Crippen LogP contribution >= 0.6 is 23.1 Å². The smallest absolute Gasteiger partial charge is 0.272 e. The maximum Gasteiger partial charge on any atom is 0.272 e. The van der Waals surface area contributed by atoms with Gasteiger partial charge in [-0.15, -0.1) is 11.3 Å². The zero-order valence-corrected chi connectivity index (χ0v) is 16.4. The van der Waals surface area contributed by atoms with Gasteiger partial charge in [0.15, 0.2) is 5.16 Å². The summed E-state index contributed by atoms with van der Waals surface area (Å²) in [5.41, 5.74) is 1.26. The number of thiophene rings is 1. The van der Waals surface area contributed by atoms with Crippen LogP contribution in [0.2, 0.25) is 0 Å². The molecule has 0 saturated heterocycles. The Labute approximate surface area is 164 Å². The Morgan fingerprint density at radius 3 is 2.89 bits per heavy atom. The van der Waals surface area contributed by atoms with Crippen molar-refractivity contribution < 1.29 is 4.39 Å². The normalized spacial score (nSPS) is 11.5. The summed E-state index contributed by atoms with van der Waals surface area (Å²) < 4.78 is 16.3. The van der Waals surface area contributed by atoms with E-state index < -0.39 is 0 Å². The van der Waals surface area contributed by atoms with Gasteiger partial charge in [-0.3, -0.25) is 9.36 Å². The zero-order valence-electron chi connectivity index (χ0n) is 14.8. The fourth-order valence-electron chi connectivity index (χ4n) is 2.92. The van der Waals surface area contributed by atoms with E-state index in [2.05, 4.69) is 11.9 Å². The van der Waals surface area contributed by atoms with Crippen LogP contribution in [-0.4, -0.2) is 14.5 Å². The fourth-order valence-corrected chi connectivity index (χ4v) is 4.96. The topological polar surface area (TPSA) is 47.8 Å². The number of benzene rings is 1. The Hall–Kier alpha value is -2.25. The maximum absolute atomic E-state index is 14.0. The van der Waals surface area contributed by atoms with Crippen LogP contribution in [0, 0.1) is 5.82 Å². The van der Waals surface area contributed by atoms with Gasteiger partial charge < -0.3 is 0 Å². The summed E-state index contributed by atoms with van der Waals surface area (Å²) in [6.07, 6.45) is 3.60. The molecule has 27 heavy (non-hydrogen) atoms. The fraction of sp³-hybridized carbons (Fsp3) is 0.250. The molecule has 4 rings (SSSR count). The Morgan fingerprint density at radius 2 is 2.07 bits per heavy atom. The molecule has 0 unspecified atom stereocenters. The molecule has 0 N–H and O–H groups in total. The average Bonchev–Trinajstić information content (AvgIpc) is 3.06. The zero-order chi connectivity index (χ0) is 18.8. The highest BCUT2D eigenvalue weighted by Gasteiger charge is 2.17. The first kappa shape index (κ1) is 18.1. The molecule has 0 aliphatic heterocycles. The van der Waals surface area contributed by atoms with E-state index >= 15 is 0 Å². The molecule has 0 aliphatic carbocycles. The maximum atomic E-state index is 14.0. The lowest BCUT2D eigenvalue weighted by molar-refractivity contribution is 0.558. The summed E-state index contributed by atoms with van der Waals surface area (Å²) in [5, 5.41) is 1.53. The van der Waals surface area contributed by atoms with Crippen molar-refractivity contribution >= 4 is 43.5 Å². The van der Waals surface area contributed by atoms with Crippen LogP contribution in [-0.2, 0) is 12.3 Å². The molecular formula is C20H18FN3OS2. The third kappa shape index (κ3) is 3.49. The third-order valence-electron chi connectivity index (χ3n) is 4.37. The van der Waals surface area contributed by atoms with Crippen LogP contribution in [0.3, 0.4) is 0 Å². The standard InChI is InChI=1S/C20H18FN3OS2/c1-2-3-11-24-19(25)17-16(14-8-6-10-22-18(14)27-17)23-20(24)26-12-13-7-4-5-9-15(13)21/h4-10H,2-3,11-12H2,1H3. The molecule has 0 fully saturated rings. The second-order valence-electron chi connectivity index (χ2n) is 6.22. The first-order valence-electron chi connectivity index (χ1n) is 8.83. The van der Waals surface area contributed by atoms with E-state index in [9.17, 15) is 9.18 Å². The van der Waals surface area contributed by atoms with Gasteiger partial charge in [-0.1, -0.05) is 43.3 Å². The molecule has 0 amide bonds. The molecule has 0 spiro atoms. The number of unbranched alkanes of at least 4 members (excludes halogenated alkanes) is 1. The van der Waals surface area contributed by atoms with Gasteiger partial charge >= 0.3 is 0 Å². The van der Waals surface area contributed by atoms with Crippen LogP contribution in [0.15, 0.2) is 52.5 Å². The number of aromatic nitrogens is 3. The number of pyridine rings is 1. The minimum Gasteiger partial charge on any atom is -0.286 e. The Balaban J connectivity index is 1.82. The van der Waals surface area contributed by atoms with Crippen molar-refractivity contribution in [3.63, 3.8) is 0 Å². The highest BCUT2D eigenvalue weighted by Crippen LogP contribution is 2.31. The van der Waals surface area contributed by atoms with Crippen molar-refractivity contribution in [1.82, 2.24) is 14.5 Å². The molecule has 1 aromatic carbocycles. The van der Waals surface area contributed by atoms with Gasteiger partial charge in [-0.2, -0.15) is 0 Å². The number of hydrogen-bond donors (Lipinski definition) is 0. The molecule has 3 aromatic heterocycles. The van der Waals surface area contributed by atoms with Gasteiger partial charge in [0.25, 0.3) is 5.56 Å². The first-order chi connectivity index (χ1) is 13.2. The lowest BCUT2D eigenvalue weighted by atomic mass is 10.2. The van der Waals surface area contributed by atoms with E-state index in [0.29, 0.717) is 33.2 Å². The quantitative estimate of drug-likeness (QED) is 0.329. The highest BCUT2D eigenvalue weighted by atomic mass is 32.2. The highest BCUT2D eigenvalue weighted by molar-refractivity contribution is 7.98. The van der Waals surface area contributed by atoms with Gasteiger partial charge in [0.1, 0.15) is 15.3 Å². The Morgan fingerprint density at radius 1 is 1.22 bits per heavy atom. The van der Waals surface area contributed by atoms with Crippen LogP contribution in [0.25, 0.3) is 20.4 Å². The summed E-state index contributed by atoms with van der Waals surface area (Å²) in [5.74, 6) is 0.190. The van der Waals surface area contributed by atoms with Crippen molar-refractivity contribution in [2.45, 2.75) is 37.2 Å². The van der Waals surface area contributed by atoms with Gasteiger partial charge in [0.2, 0.25) is 0 Å². The van der Waals surface area contributed by atoms with Crippen molar-refractivity contribution in [2.75, 3.05) is 0 Å². The van der Waals surface area contributed by atoms with Crippen LogP contribution in [0.1, 0.15) is 25.3 Å². The van der Waals surface area contributed by atoms with Crippen LogP contribution < -0.4 is 5.56 Å². The minimum atomic E-state index is -0.237. The number of halogens is 1. The number of thioether (sulfide) groups is 1.